The Kier molecular flexibility index (Phi) is 4.29. The summed E-state index contributed by atoms with van der Waals surface area (Å²) in [5.41, 5.74) is 1.04. The smallest absolute Gasteiger partial charge is 0.193 e. The predicted octanol–water partition coefficient (Wildman–Crippen LogP) is 3.85. The van der Waals surface area contributed by atoms with Crippen LogP contribution in [-0.2, 0) is 0 Å². The minimum atomic E-state index is -0.347. The van der Waals surface area contributed by atoms with E-state index in [-0.39, 0.29) is 11.6 Å². The van der Waals surface area contributed by atoms with E-state index in [0.717, 1.165) is 12.2 Å². The highest BCUT2D eigenvalue weighted by atomic mass is 19.1. The van der Waals surface area contributed by atoms with Crippen LogP contribution in [0, 0.1) is 5.82 Å². The van der Waals surface area contributed by atoms with E-state index in [1.165, 1.54) is 24.3 Å². The van der Waals surface area contributed by atoms with E-state index >= 15 is 0 Å². The molecule has 0 aliphatic rings. The summed E-state index contributed by atoms with van der Waals surface area (Å²) in [6.45, 7) is 2.69. The number of carbonyl (C=O) groups excluding carboxylic acids is 1. The second-order valence-electron chi connectivity index (χ2n) is 4.21. The fourth-order valence-corrected chi connectivity index (χ4v) is 1.69. The Labute approximate surface area is 111 Å². The van der Waals surface area contributed by atoms with Crippen LogP contribution in [-0.4, -0.2) is 12.4 Å². The second kappa shape index (κ2) is 6.14. The molecule has 0 amide bonds. The summed E-state index contributed by atoms with van der Waals surface area (Å²) in [7, 11) is 0. The number of benzene rings is 2. The van der Waals surface area contributed by atoms with Gasteiger partial charge in [0.15, 0.2) is 5.78 Å². The number of halogens is 1. The monoisotopic (exact) mass is 258 g/mol. The van der Waals surface area contributed by atoms with Crippen LogP contribution in [0.3, 0.4) is 0 Å². The van der Waals surface area contributed by atoms with Crippen molar-refractivity contribution in [1.29, 1.82) is 0 Å². The van der Waals surface area contributed by atoms with Crippen molar-refractivity contribution in [2.24, 2.45) is 0 Å². The van der Waals surface area contributed by atoms with Crippen molar-refractivity contribution in [3.63, 3.8) is 0 Å². The van der Waals surface area contributed by atoms with Crippen molar-refractivity contribution >= 4 is 5.78 Å². The zero-order valence-corrected chi connectivity index (χ0v) is 10.7. The zero-order chi connectivity index (χ0) is 13.7. The highest BCUT2D eigenvalue weighted by Gasteiger charge is 2.08. The third kappa shape index (κ3) is 3.41. The predicted molar refractivity (Wildman–Crippen MR) is 72.1 cm³/mol. The van der Waals surface area contributed by atoms with Gasteiger partial charge in [0.05, 0.1) is 6.61 Å². The van der Waals surface area contributed by atoms with E-state index in [1.54, 1.807) is 24.3 Å². The van der Waals surface area contributed by atoms with E-state index in [0.29, 0.717) is 17.7 Å². The summed E-state index contributed by atoms with van der Waals surface area (Å²) in [6.07, 6.45) is 0.941. The molecule has 0 aliphatic heterocycles. The number of carbonyl (C=O) groups is 1. The SMILES string of the molecule is CCCOc1ccc(C(=O)c2ccc(F)cc2)cc1. The first-order chi connectivity index (χ1) is 9.20. The largest absolute Gasteiger partial charge is 0.494 e. The first-order valence-electron chi connectivity index (χ1n) is 6.24. The van der Waals surface area contributed by atoms with Gasteiger partial charge in [-0.05, 0) is 55.0 Å². The molecular weight excluding hydrogens is 243 g/mol. The normalized spacial score (nSPS) is 10.2. The fraction of sp³-hybridized carbons (Fsp3) is 0.188. The summed E-state index contributed by atoms with van der Waals surface area (Å²) in [6, 6.07) is 12.5. The summed E-state index contributed by atoms with van der Waals surface area (Å²) in [5.74, 6) is 0.277. The number of ketones is 1. The molecule has 0 aromatic heterocycles. The molecule has 2 rings (SSSR count). The molecule has 0 heterocycles. The lowest BCUT2D eigenvalue weighted by Gasteiger charge is -2.05. The summed E-state index contributed by atoms with van der Waals surface area (Å²) >= 11 is 0. The van der Waals surface area contributed by atoms with Gasteiger partial charge in [0.1, 0.15) is 11.6 Å². The van der Waals surface area contributed by atoms with Crippen molar-refractivity contribution < 1.29 is 13.9 Å². The fourth-order valence-electron chi connectivity index (χ4n) is 1.69. The van der Waals surface area contributed by atoms with Crippen LogP contribution in [0.2, 0.25) is 0 Å². The van der Waals surface area contributed by atoms with Crippen LogP contribution in [0.1, 0.15) is 29.3 Å². The van der Waals surface area contributed by atoms with Gasteiger partial charge in [0, 0.05) is 11.1 Å². The number of hydrogen-bond donors (Lipinski definition) is 0. The molecule has 0 aliphatic carbocycles. The van der Waals surface area contributed by atoms with E-state index in [9.17, 15) is 9.18 Å². The highest BCUT2D eigenvalue weighted by molar-refractivity contribution is 6.08. The minimum Gasteiger partial charge on any atom is -0.494 e. The molecule has 0 saturated heterocycles. The van der Waals surface area contributed by atoms with Gasteiger partial charge < -0.3 is 4.74 Å². The lowest BCUT2D eigenvalue weighted by Crippen LogP contribution is -2.01. The Morgan fingerprint density at radius 2 is 1.53 bits per heavy atom. The molecule has 3 heteroatoms. The van der Waals surface area contributed by atoms with E-state index < -0.39 is 0 Å². The zero-order valence-electron chi connectivity index (χ0n) is 10.7. The van der Waals surface area contributed by atoms with Crippen LogP contribution in [0.15, 0.2) is 48.5 Å². The van der Waals surface area contributed by atoms with Crippen LogP contribution in [0.25, 0.3) is 0 Å². The lowest BCUT2D eigenvalue weighted by atomic mass is 10.0. The van der Waals surface area contributed by atoms with Gasteiger partial charge in [-0.1, -0.05) is 6.92 Å². The van der Waals surface area contributed by atoms with Crippen LogP contribution in [0.4, 0.5) is 4.39 Å². The third-order valence-corrected chi connectivity index (χ3v) is 2.70. The molecule has 0 N–H and O–H groups in total. The quantitative estimate of drug-likeness (QED) is 0.761. The molecule has 98 valence electrons. The molecule has 0 fully saturated rings. The Balaban J connectivity index is 2.13. The van der Waals surface area contributed by atoms with Crippen molar-refractivity contribution in [3.05, 3.63) is 65.5 Å². The average molecular weight is 258 g/mol. The van der Waals surface area contributed by atoms with Gasteiger partial charge in [0.25, 0.3) is 0 Å². The summed E-state index contributed by atoms with van der Waals surface area (Å²) in [4.78, 5) is 12.1. The summed E-state index contributed by atoms with van der Waals surface area (Å²) in [5, 5.41) is 0. The van der Waals surface area contributed by atoms with E-state index in [2.05, 4.69) is 0 Å². The molecule has 0 saturated carbocycles. The van der Waals surface area contributed by atoms with Crippen LogP contribution < -0.4 is 4.74 Å². The first kappa shape index (κ1) is 13.3. The van der Waals surface area contributed by atoms with Crippen molar-refractivity contribution in [1.82, 2.24) is 0 Å². The van der Waals surface area contributed by atoms with E-state index in [1.807, 2.05) is 6.92 Å². The average Bonchev–Trinajstić information content (AvgIpc) is 2.46. The molecule has 2 nitrogen and oxygen atoms in total. The molecule has 0 bridgehead atoms. The molecular formula is C16H15FO2. The lowest BCUT2D eigenvalue weighted by molar-refractivity contribution is 0.103. The van der Waals surface area contributed by atoms with Gasteiger partial charge in [-0.15, -0.1) is 0 Å². The first-order valence-corrected chi connectivity index (χ1v) is 6.24. The van der Waals surface area contributed by atoms with Crippen molar-refractivity contribution in [3.8, 4) is 5.75 Å². The molecule has 2 aromatic rings. The van der Waals surface area contributed by atoms with Gasteiger partial charge in [-0.25, -0.2) is 4.39 Å². The van der Waals surface area contributed by atoms with Gasteiger partial charge >= 0.3 is 0 Å². The van der Waals surface area contributed by atoms with E-state index in [4.69, 9.17) is 4.74 Å². The molecule has 0 unspecified atom stereocenters. The third-order valence-electron chi connectivity index (χ3n) is 2.70. The van der Waals surface area contributed by atoms with Gasteiger partial charge in [-0.3, -0.25) is 4.79 Å². The Bertz CT molecular complexity index is 544. The standard InChI is InChI=1S/C16H15FO2/c1-2-11-19-15-9-5-13(6-10-15)16(18)12-3-7-14(17)8-4-12/h3-10H,2,11H2,1H3. The van der Waals surface area contributed by atoms with Crippen molar-refractivity contribution in [2.75, 3.05) is 6.61 Å². The Hall–Kier alpha value is -2.16. The molecule has 0 radical (unpaired) electrons. The Morgan fingerprint density at radius 3 is 2.05 bits per heavy atom. The topological polar surface area (TPSA) is 26.3 Å². The van der Waals surface area contributed by atoms with Gasteiger partial charge in [-0.2, -0.15) is 0 Å². The molecule has 2 aromatic carbocycles. The highest BCUT2D eigenvalue weighted by Crippen LogP contribution is 2.16. The number of ether oxygens (including phenoxy) is 1. The molecule has 0 atom stereocenters. The number of hydrogen-bond acceptors (Lipinski definition) is 2. The minimum absolute atomic E-state index is 0.123. The van der Waals surface area contributed by atoms with Gasteiger partial charge in [0.2, 0.25) is 0 Å². The maximum atomic E-state index is 12.8. The van der Waals surface area contributed by atoms with Crippen molar-refractivity contribution in [2.45, 2.75) is 13.3 Å². The maximum absolute atomic E-state index is 12.8. The second-order valence-corrected chi connectivity index (χ2v) is 4.21. The summed E-state index contributed by atoms with van der Waals surface area (Å²) < 4.78 is 18.2. The van der Waals surface area contributed by atoms with Crippen LogP contribution in [0.5, 0.6) is 5.75 Å². The number of rotatable bonds is 5. The maximum Gasteiger partial charge on any atom is 0.193 e. The molecule has 19 heavy (non-hydrogen) atoms. The molecule has 0 spiro atoms. The van der Waals surface area contributed by atoms with Crippen LogP contribution >= 0.6 is 0 Å². The Morgan fingerprint density at radius 1 is 1.00 bits per heavy atom.